The van der Waals surface area contributed by atoms with E-state index in [9.17, 15) is 35.7 Å². The Balaban J connectivity index is 1.12. The molecule has 0 spiro atoms. The average Bonchev–Trinajstić information content (AvgIpc) is 3.39. The standard InChI is InChI=1S/C28H38N2O11/c1-30-8-12(5-15-14-3-2-4-16-20(14)13(7-29-16)6-17(15)30)10-38-27-26(37)24(35)22(33)19(41-27)11-39-28-25(36)23(34)21(32)18(9-31)40-28/h2-5,7,15,17-19,21-29,31-37H,6,8-11H2,1H3/t15-,17-,18-,19-,21+,22+,23+,24+,25-,26-,27-,28-/m1/s1. The molecule has 41 heavy (non-hydrogen) atoms. The van der Waals surface area contributed by atoms with E-state index in [2.05, 4.69) is 41.3 Å². The fourth-order valence-corrected chi connectivity index (χ4v) is 6.53. The maximum atomic E-state index is 10.6. The van der Waals surface area contributed by atoms with Gasteiger partial charge in [-0.25, -0.2) is 0 Å². The van der Waals surface area contributed by atoms with E-state index >= 15 is 0 Å². The zero-order valence-electron chi connectivity index (χ0n) is 22.6. The number of aromatic nitrogens is 1. The highest BCUT2D eigenvalue weighted by molar-refractivity contribution is 5.88. The molecule has 0 unspecified atom stereocenters. The van der Waals surface area contributed by atoms with Crippen molar-refractivity contribution >= 4 is 10.9 Å². The Morgan fingerprint density at radius 2 is 1.59 bits per heavy atom. The molecule has 1 aliphatic carbocycles. The fraction of sp³-hybridized carbons (Fsp3) is 0.643. The second-order valence-corrected chi connectivity index (χ2v) is 11.5. The lowest BCUT2D eigenvalue weighted by molar-refractivity contribution is -0.330. The van der Waals surface area contributed by atoms with Crippen LogP contribution in [0.2, 0.25) is 0 Å². The molecule has 2 fully saturated rings. The first-order chi connectivity index (χ1) is 19.7. The van der Waals surface area contributed by atoms with Gasteiger partial charge in [-0.3, -0.25) is 4.90 Å². The summed E-state index contributed by atoms with van der Waals surface area (Å²) < 4.78 is 22.5. The zero-order valence-corrected chi connectivity index (χ0v) is 22.6. The summed E-state index contributed by atoms with van der Waals surface area (Å²) in [5.74, 6) is 0.156. The fourth-order valence-electron chi connectivity index (χ4n) is 6.53. The van der Waals surface area contributed by atoms with Gasteiger partial charge in [-0.2, -0.15) is 0 Å². The van der Waals surface area contributed by atoms with Crippen molar-refractivity contribution in [3.8, 4) is 0 Å². The monoisotopic (exact) mass is 578 g/mol. The van der Waals surface area contributed by atoms with Crippen LogP contribution < -0.4 is 0 Å². The van der Waals surface area contributed by atoms with Crippen molar-refractivity contribution in [2.45, 2.75) is 79.8 Å². The lowest BCUT2D eigenvalue weighted by Gasteiger charge is -2.43. The summed E-state index contributed by atoms with van der Waals surface area (Å²) in [6, 6.07) is 6.56. The molecule has 226 valence electrons. The van der Waals surface area contributed by atoms with Gasteiger partial charge in [0.15, 0.2) is 12.6 Å². The van der Waals surface area contributed by atoms with Crippen LogP contribution in [0.1, 0.15) is 17.0 Å². The second kappa shape index (κ2) is 11.6. The molecule has 13 nitrogen and oxygen atoms in total. The first kappa shape index (κ1) is 29.1. The smallest absolute Gasteiger partial charge is 0.187 e. The predicted octanol–water partition coefficient (Wildman–Crippen LogP) is -2.31. The van der Waals surface area contributed by atoms with Gasteiger partial charge >= 0.3 is 0 Å². The van der Waals surface area contributed by atoms with Crippen LogP contribution in [0.5, 0.6) is 0 Å². The van der Waals surface area contributed by atoms with Crippen molar-refractivity contribution in [2.75, 3.05) is 33.4 Å². The van der Waals surface area contributed by atoms with Crippen LogP contribution in [-0.2, 0) is 25.4 Å². The molecule has 4 heterocycles. The maximum absolute atomic E-state index is 10.6. The summed E-state index contributed by atoms with van der Waals surface area (Å²) in [6.45, 7) is -0.267. The number of hydrogen-bond donors (Lipinski definition) is 8. The van der Waals surface area contributed by atoms with Gasteiger partial charge in [0.1, 0.15) is 48.8 Å². The number of aliphatic hydroxyl groups is 7. The van der Waals surface area contributed by atoms with Crippen molar-refractivity contribution in [2.24, 2.45) is 0 Å². The van der Waals surface area contributed by atoms with Gasteiger partial charge in [0.05, 0.1) is 19.8 Å². The minimum atomic E-state index is -1.64. The van der Waals surface area contributed by atoms with E-state index in [1.807, 2.05) is 6.07 Å². The van der Waals surface area contributed by atoms with Crippen LogP contribution in [0.25, 0.3) is 10.9 Å². The number of ether oxygens (including phenoxy) is 4. The van der Waals surface area contributed by atoms with E-state index in [-0.39, 0.29) is 12.5 Å². The molecule has 4 aliphatic rings. The normalized spacial score (nSPS) is 41.3. The van der Waals surface area contributed by atoms with E-state index in [4.69, 9.17) is 18.9 Å². The third-order valence-corrected chi connectivity index (χ3v) is 8.83. The van der Waals surface area contributed by atoms with Crippen LogP contribution >= 0.6 is 0 Å². The van der Waals surface area contributed by atoms with Crippen molar-refractivity contribution in [1.82, 2.24) is 9.88 Å². The van der Waals surface area contributed by atoms with Crippen molar-refractivity contribution in [1.29, 1.82) is 0 Å². The molecule has 6 rings (SSSR count). The third-order valence-electron chi connectivity index (χ3n) is 8.83. The molecule has 2 saturated heterocycles. The SMILES string of the molecule is CN1CC(CO[C@@H]2O[C@H](CO[C@@H]3O[C@H](CO)[C@H](O)[C@H](O)[C@H]3O)[C@H](O)[C@H](O)[C@H]2O)=C[C@@H]2c3cccc4[nH]cc(c34)C[C@H]21. The first-order valence-electron chi connectivity index (χ1n) is 13.9. The highest BCUT2D eigenvalue weighted by Gasteiger charge is 2.47. The average molecular weight is 579 g/mol. The van der Waals surface area contributed by atoms with E-state index in [1.54, 1.807) is 0 Å². The second-order valence-electron chi connectivity index (χ2n) is 11.5. The minimum absolute atomic E-state index is 0.119. The van der Waals surface area contributed by atoms with Crippen LogP contribution in [0.3, 0.4) is 0 Å². The summed E-state index contributed by atoms with van der Waals surface area (Å²) in [5, 5.41) is 72.4. The summed E-state index contributed by atoms with van der Waals surface area (Å²) in [4.78, 5) is 5.65. The van der Waals surface area contributed by atoms with Gasteiger partial charge in [0.25, 0.3) is 0 Å². The molecule has 8 N–H and O–H groups in total. The Kier molecular flexibility index (Phi) is 8.24. The predicted molar refractivity (Wildman–Crippen MR) is 142 cm³/mol. The van der Waals surface area contributed by atoms with Gasteiger partial charge < -0.3 is 59.7 Å². The van der Waals surface area contributed by atoms with Crippen LogP contribution in [0, 0.1) is 0 Å². The minimum Gasteiger partial charge on any atom is -0.394 e. The molecule has 0 bridgehead atoms. The Labute approximate surface area is 236 Å². The van der Waals surface area contributed by atoms with E-state index in [0.717, 1.165) is 17.5 Å². The number of likely N-dealkylation sites (N-methyl/N-ethyl adjacent to an activating group) is 1. The van der Waals surface area contributed by atoms with Gasteiger partial charge in [0, 0.05) is 35.6 Å². The summed E-state index contributed by atoms with van der Waals surface area (Å²) in [7, 11) is 2.07. The van der Waals surface area contributed by atoms with Crippen molar-refractivity contribution in [3.05, 3.63) is 47.2 Å². The molecule has 12 atom stereocenters. The maximum Gasteiger partial charge on any atom is 0.187 e. The quantitative estimate of drug-likeness (QED) is 0.164. The Morgan fingerprint density at radius 3 is 2.32 bits per heavy atom. The Morgan fingerprint density at radius 1 is 0.902 bits per heavy atom. The Bertz CT molecular complexity index is 1250. The Hall–Kier alpha value is -1.98. The molecule has 2 aromatic rings. The third kappa shape index (κ3) is 5.24. The topological polar surface area (TPSA) is 198 Å². The van der Waals surface area contributed by atoms with Crippen molar-refractivity contribution < 1.29 is 54.7 Å². The summed E-state index contributed by atoms with van der Waals surface area (Å²) in [5.41, 5.74) is 4.64. The molecular formula is C28H38N2O11. The zero-order chi connectivity index (χ0) is 29.0. The van der Waals surface area contributed by atoms with Gasteiger partial charge in [-0.1, -0.05) is 18.2 Å². The number of benzene rings is 1. The number of rotatable bonds is 7. The molecule has 13 heteroatoms. The summed E-state index contributed by atoms with van der Waals surface area (Å²) in [6.07, 6.45) is -9.36. The van der Waals surface area contributed by atoms with Crippen LogP contribution in [0.15, 0.2) is 36.0 Å². The lowest BCUT2D eigenvalue weighted by Crippen LogP contribution is -2.61. The molecule has 0 radical (unpaired) electrons. The number of nitrogens with one attached hydrogen (secondary N) is 1. The van der Waals surface area contributed by atoms with E-state index in [1.165, 1.54) is 16.5 Å². The highest BCUT2D eigenvalue weighted by Crippen LogP contribution is 2.42. The summed E-state index contributed by atoms with van der Waals surface area (Å²) >= 11 is 0. The first-order valence-corrected chi connectivity index (χ1v) is 13.9. The largest absolute Gasteiger partial charge is 0.394 e. The molecule has 1 aromatic heterocycles. The van der Waals surface area contributed by atoms with Crippen LogP contribution in [-0.4, -0.2) is 146 Å². The number of aliphatic hydroxyl groups excluding tert-OH is 7. The van der Waals surface area contributed by atoms with Crippen LogP contribution in [0.4, 0.5) is 0 Å². The number of H-pyrrole nitrogens is 1. The van der Waals surface area contributed by atoms with Gasteiger partial charge in [-0.05, 0) is 36.2 Å². The number of fused-ring (bicyclic) bond motifs is 2. The van der Waals surface area contributed by atoms with Gasteiger partial charge in [0.2, 0.25) is 0 Å². The highest BCUT2D eigenvalue weighted by atomic mass is 16.7. The lowest BCUT2D eigenvalue weighted by atomic mass is 9.77. The number of nitrogens with zero attached hydrogens (tertiary/aromatic N) is 1. The van der Waals surface area contributed by atoms with Gasteiger partial charge in [-0.15, -0.1) is 0 Å². The number of aromatic amines is 1. The number of hydrogen-bond acceptors (Lipinski definition) is 12. The van der Waals surface area contributed by atoms with E-state index in [0.29, 0.717) is 12.6 Å². The molecule has 1 aromatic carbocycles. The molecule has 0 saturated carbocycles. The molecule has 0 amide bonds. The molecule has 3 aliphatic heterocycles. The molecular weight excluding hydrogens is 540 g/mol. The van der Waals surface area contributed by atoms with Crippen molar-refractivity contribution in [3.63, 3.8) is 0 Å². The van der Waals surface area contributed by atoms with E-state index < -0.39 is 74.6 Å².